The van der Waals surface area contributed by atoms with Gasteiger partial charge in [-0.2, -0.15) is 16.8 Å². The van der Waals surface area contributed by atoms with Crippen molar-refractivity contribution in [3.05, 3.63) is 12.1 Å². The van der Waals surface area contributed by atoms with E-state index in [0.29, 0.717) is 12.1 Å². The van der Waals surface area contributed by atoms with Gasteiger partial charge in [-0.3, -0.25) is 18.7 Å². The smallest absolute Gasteiger partial charge is 0.333 e. The van der Waals surface area contributed by atoms with Crippen molar-refractivity contribution in [1.29, 1.82) is 0 Å². The molecule has 26 heavy (non-hydrogen) atoms. The van der Waals surface area contributed by atoms with Gasteiger partial charge in [0, 0.05) is 6.92 Å². The summed E-state index contributed by atoms with van der Waals surface area (Å²) in [5.74, 6) is -3.50. The van der Waals surface area contributed by atoms with E-state index in [1.165, 1.54) is 0 Å². The van der Waals surface area contributed by atoms with Crippen molar-refractivity contribution in [2.24, 2.45) is 0 Å². The standard InChI is InChI=1S/C12H14N2O10S2/c1-5(15)11(12(17)18)14-8-4-9(25(19,20)21)7(13-6(2)16)3-10(8)26(22,23)24/h3-4,11,14H,1-2H3,(H,13,16)(H,17,18)(H,19,20,21)(H,22,23,24). The van der Waals surface area contributed by atoms with Gasteiger partial charge in [0.2, 0.25) is 5.91 Å². The number of Topliss-reactive ketones (excluding diaryl/α,β-unsaturated/α-hetero) is 1. The Hall–Kier alpha value is -2.55. The summed E-state index contributed by atoms with van der Waals surface area (Å²) in [4.78, 5) is 31.6. The Kier molecular flexibility index (Phi) is 6.09. The second-order valence-corrected chi connectivity index (χ2v) is 7.78. The minimum Gasteiger partial charge on any atom is -0.479 e. The molecule has 0 aromatic heterocycles. The van der Waals surface area contributed by atoms with Gasteiger partial charge in [-0.25, -0.2) is 4.79 Å². The van der Waals surface area contributed by atoms with E-state index in [0.717, 1.165) is 13.8 Å². The Morgan fingerprint density at radius 1 is 0.923 bits per heavy atom. The minimum atomic E-state index is -5.05. The van der Waals surface area contributed by atoms with Crippen molar-refractivity contribution in [1.82, 2.24) is 0 Å². The summed E-state index contributed by atoms with van der Waals surface area (Å²) in [6, 6.07) is -1.03. The Labute approximate surface area is 147 Å². The third kappa shape index (κ3) is 5.22. The Morgan fingerprint density at radius 3 is 1.69 bits per heavy atom. The van der Waals surface area contributed by atoms with Gasteiger partial charge >= 0.3 is 5.97 Å². The molecule has 1 aromatic carbocycles. The maximum atomic E-state index is 11.5. The van der Waals surface area contributed by atoms with Crippen LogP contribution in [0.5, 0.6) is 0 Å². The number of ketones is 1. The second-order valence-electron chi connectivity index (χ2n) is 5.00. The molecule has 0 radical (unpaired) electrons. The topological polar surface area (TPSA) is 204 Å². The zero-order valence-corrected chi connectivity index (χ0v) is 14.9. The molecule has 0 saturated carbocycles. The van der Waals surface area contributed by atoms with Crippen molar-refractivity contribution >= 4 is 49.3 Å². The van der Waals surface area contributed by atoms with Gasteiger partial charge in [0.05, 0.1) is 11.4 Å². The van der Waals surface area contributed by atoms with Gasteiger partial charge in [0.25, 0.3) is 20.2 Å². The fraction of sp³-hybridized carbons (Fsp3) is 0.250. The number of carboxylic acid groups (broad SMARTS) is 1. The third-order valence-corrected chi connectivity index (χ3v) is 4.69. The summed E-state index contributed by atoms with van der Waals surface area (Å²) >= 11 is 0. The number of aliphatic carboxylic acids is 1. The first kappa shape index (κ1) is 21.5. The molecule has 14 heteroatoms. The number of carbonyl (C=O) groups excluding carboxylic acids is 2. The minimum absolute atomic E-state index is 0.461. The highest BCUT2D eigenvalue weighted by atomic mass is 32.2. The number of carbonyl (C=O) groups is 3. The zero-order chi connectivity index (χ0) is 20.4. The van der Waals surface area contributed by atoms with Crippen LogP contribution in [0.4, 0.5) is 11.4 Å². The van der Waals surface area contributed by atoms with Crippen LogP contribution < -0.4 is 10.6 Å². The number of amides is 1. The summed E-state index contributed by atoms with van der Waals surface area (Å²) in [5, 5.41) is 12.9. The van der Waals surface area contributed by atoms with Gasteiger partial charge in [0.15, 0.2) is 11.8 Å². The van der Waals surface area contributed by atoms with Crippen LogP contribution >= 0.6 is 0 Å². The van der Waals surface area contributed by atoms with Crippen LogP contribution in [0, 0.1) is 0 Å². The summed E-state index contributed by atoms with van der Waals surface area (Å²) in [5.41, 5.74) is -1.48. The van der Waals surface area contributed by atoms with E-state index in [9.17, 15) is 40.3 Å². The Bertz CT molecular complexity index is 968. The molecule has 0 bridgehead atoms. The number of benzene rings is 1. The van der Waals surface area contributed by atoms with Crippen molar-refractivity contribution in [3.63, 3.8) is 0 Å². The predicted molar refractivity (Wildman–Crippen MR) is 86.1 cm³/mol. The van der Waals surface area contributed by atoms with E-state index in [1.54, 1.807) is 0 Å². The first-order valence-electron chi connectivity index (χ1n) is 6.55. The molecule has 0 aliphatic rings. The number of nitrogens with one attached hydrogen (secondary N) is 2. The average Bonchev–Trinajstić information content (AvgIpc) is 2.41. The van der Waals surface area contributed by atoms with E-state index in [4.69, 9.17) is 5.11 Å². The van der Waals surface area contributed by atoms with Crippen LogP contribution in [0.25, 0.3) is 0 Å². The Balaban J connectivity index is 3.80. The summed E-state index contributed by atoms with van der Waals surface area (Å²) in [6.45, 7) is 1.83. The highest BCUT2D eigenvalue weighted by Gasteiger charge is 2.29. The maximum absolute atomic E-state index is 11.5. The van der Waals surface area contributed by atoms with Crippen molar-refractivity contribution in [2.75, 3.05) is 10.6 Å². The summed E-state index contributed by atoms with van der Waals surface area (Å²) in [7, 11) is -10.0. The van der Waals surface area contributed by atoms with E-state index >= 15 is 0 Å². The van der Waals surface area contributed by atoms with E-state index < -0.39 is 65.1 Å². The summed E-state index contributed by atoms with van der Waals surface area (Å²) < 4.78 is 64.6. The molecule has 1 aromatic rings. The number of carboxylic acids is 1. The molecule has 1 rings (SSSR count). The second kappa shape index (κ2) is 7.36. The van der Waals surface area contributed by atoms with Crippen LogP contribution in [-0.4, -0.2) is 54.7 Å². The number of rotatable bonds is 7. The van der Waals surface area contributed by atoms with Gasteiger partial charge < -0.3 is 15.7 Å². The predicted octanol–water partition coefficient (Wildman–Crippen LogP) is -0.407. The number of anilines is 2. The Morgan fingerprint density at radius 2 is 1.35 bits per heavy atom. The van der Waals surface area contributed by atoms with Crippen molar-refractivity contribution in [3.8, 4) is 0 Å². The summed E-state index contributed by atoms with van der Waals surface area (Å²) in [6.07, 6.45) is 0. The molecule has 1 unspecified atom stereocenters. The van der Waals surface area contributed by atoms with Crippen LogP contribution in [-0.2, 0) is 34.6 Å². The lowest BCUT2D eigenvalue weighted by Gasteiger charge is -2.18. The molecular weight excluding hydrogens is 396 g/mol. The maximum Gasteiger partial charge on any atom is 0.333 e. The first-order chi connectivity index (χ1) is 11.6. The van der Waals surface area contributed by atoms with Crippen molar-refractivity contribution < 1.29 is 45.4 Å². The normalized spacial score (nSPS) is 12.9. The molecule has 0 aliphatic carbocycles. The number of hydrogen-bond acceptors (Lipinski definition) is 8. The van der Waals surface area contributed by atoms with Crippen molar-refractivity contribution in [2.45, 2.75) is 29.7 Å². The van der Waals surface area contributed by atoms with Gasteiger partial charge in [-0.05, 0) is 19.1 Å². The third-order valence-electron chi connectivity index (χ3n) is 2.90. The molecule has 0 fully saturated rings. The van der Waals surface area contributed by atoms with E-state index in [2.05, 4.69) is 0 Å². The number of hydrogen-bond donors (Lipinski definition) is 5. The van der Waals surface area contributed by atoms with Gasteiger partial charge in [-0.1, -0.05) is 0 Å². The fourth-order valence-corrected chi connectivity index (χ4v) is 3.20. The zero-order valence-electron chi connectivity index (χ0n) is 13.2. The molecule has 1 amide bonds. The SMILES string of the molecule is CC(=O)Nc1cc(S(=O)(=O)O)c(NC(C(C)=O)C(=O)O)cc1S(=O)(=O)O. The molecule has 0 saturated heterocycles. The monoisotopic (exact) mass is 410 g/mol. The lowest BCUT2D eigenvalue weighted by molar-refractivity contribution is -0.141. The molecule has 144 valence electrons. The molecule has 1 atom stereocenters. The molecule has 5 N–H and O–H groups in total. The lowest BCUT2D eigenvalue weighted by atomic mass is 10.2. The van der Waals surface area contributed by atoms with E-state index in [-0.39, 0.29) is 0 Å². The highest BCUT2D eigenvalue weighted by Crippen LogP contribution is 2.32. The molecule has 0 heterocycles. The first-order valence-corrected chi connectivity index (χ1v) is 9.43. The molecular formula is C12H14N2O10S2. The van der Waals surface area contributed by atoms with Gasteiger partial charge in [-0.15, -0.1) is 0 Å². The molecule has 0 aliphatic heterocycles. The van der Waals surface area contributed by atoms with Crippen LogP contribution in [0.2, 0.25) is 0 Å². The fourth-order valence-electron chi connectivity index (χ4n) is 1.88. The largest absolute Gasteiger partial charge is 0.479 e. The molecule has 12 nitrogen and oxygen atoms in total. The highest BCUT2D eigenvalue weighted by molar-refractivity contribution is 7.86. The average molecular weight is 410 g/mol. The molecule has 0 spiro atoms. The van der Waals surface area contributed by atoms with Crippen LogP contribution in [0.1, 0.15) is 13.8 Å². The quantitative estimate of drug-likeness (QED) is 0.288. The van der Waals surface area contributed by atoms with Crippen LogP contribution in [0.15, 0.2) is 21.9 Å². The van der Waals surface area contributed by atoms with Crippen LogP contribution in [0.3, 0.4) is 0 Å². The van der Waals surface area contributed by atoms with E-state index in [1.807, 2.05) is 10.6 Å². The lowest BCUT2D eigenvalue weighted by Crippen LogP contribution is -2.36. The van der Waals surface area contributed by atoms with Gasteiger partial charge in [0.1, 0.15) is 9.79 Å².